The molecule has 1 fully saturated rings. The van der Waals surface area contributed by atoms with Gasteiger partial charge in [0.15, 0.2) is 0 Å². The topological polar surface area (TPSA) is 95.2 Å². The number of hydrogen-bond donors (Lipinski definition) is 3. The van der Waals surface area contributed by atoms with Crippen molar-refractivity contribution in [3.8, 4) is 0 Å². The lowest BCUT2D eigenvalue weighted by atomic mass is 10.1. The standard InChI is InChI=1S/C14H16N4O2/c15-11-8-12-9(1-2-13(19)17-12)7-10(11)14(16)18-3-5-20-6-4-18/h1-2,7-8,16H,3-6,15H2,(H,17,19). The Morgan fingerprint density at radius 2 is 2.05 bits per heavy atom. The van der Waals surface area contributed by atoms with Gasteiger partial charge in [0.1, 0.15) is 5.84 Å². The molecule has 3 rings (SSSR count). The number of pyridine rings is 1. The highest BCUT2D eigenvalue weighted by molar-refractivity contribution is 6.04. The van der Waals surface area contributed by atoms with Crippen LogP contribution in [0.15, 0.2) is 29.1 Å². The van der Waals surface area contributed by atoms with E-state index in [1.807, 2.05) is 11.0 Å². The molecule has 0 radical (unpaired) electrons. The number of nitrogens with zero attached hydrogens (tertiary/aromatic N) is 1. The van der Waals surface area contributed by atoms with E-state index in [2.05, 4.69) is 4.98 Å². The van der Waals surface area contributed by atoms with Crippen molar-refractivity contribution in [1.82, 2.24) is 9.88 Å². The van der Waals surface area contributed by atoms with Gasteiger partial charge in [0.2, 0.25) is 5.56 Å². The number of nitrogens with two attached hydrogens (primary N) is 1. The number of aromatic nitrogens is 1. The molecule has 104 valence electrons. The summed E-state index contributed by atoms with van der Waals surface area (Å²) in [5.41, 5.74) is 7.74. The van der Waals surface area contributed by atoms with E-state index >= 15 is 0 Å². The molecule has 0 amide bonds. The summed E-state index contributed by atoms with van der Waals surface area (Å²) >= 11 is 0. The van der Waals surface area contributed by atoms with E-state index in [-0.39, 0.29) is 5.56 Å². The molecule has 0 saturated carbocycles. The molecule has 4 N–H and O–H groups in total. The zero-order chi connectivity index (χ0) is 14.1. The van der Waals surface area contributed by atoms with Gasteiger partial charge in [-0.15, -0.1) is 0 Å². The van der Waals surface area contributed by atoms with Crippen LogP contribution >= 0.6 is 0 Å². The summed E-state index contributed by atoms with van der Waals surface area (Å²) < 4.78 is 5.29. The second-order valence-electron chi connectivity index (χ2n) is 4.80. The number of rotatable bonds is 1. The first-order chi connectivity index (χ1) is 9.65. The van der Waals surface area contributed by atoms with Crippen molar-refractivity contribution in [1.29, 1.82) is 5.41 Å². The summed E-state index contributed by atoms with van der Waals surface area (Å²) in [6, 6.07) is 6.77. The van der Waals surface area contributed by atoms with Crippen LogP contribution in [-0.4, -0.2) is 42.0 Å². The highest BCUT2D eigenvalue weighted by Gasteiger charge is 2.17. The van der Waals surface area contributed by atoms with Gasteiger partial charge in [0.25, 0.3) is 0 Å². The van der Waals surface area contributed by atoms with Crippen molar-refractivity contribution in [2.75, 3.05) is 32.0 Å². The quantitative estimate of drug-likeness (QED) is 0.406. The van der Waals surface area contributed by atoms with Crippen LogP contribution in [-0.2, 0) is 4.74 Å². The Balaban J connectivity index is 2.02. The summed E-state index contributed by atoms with van der Waals surface area (Å²) in [7, 11) is 0. The first kappa shape index (κ1) is 12.7. The fraction of sp³-hybridized carbons (Fsp3) is 0.286. The molecule has 20 heavy (non-hydrogen) atoms. The van der Waals surface area contributed by atoms with Crippen LogP contribution in [0.4, 0.5) is 5.69 Å². The number of morpholine rings is 1. The van der Waals surface area contributed by atoms with Gasteiger partial charge in [0.05, 0.1) is 18.7 Å². The maximum atomic E-state index is 11.3. The van der Waals surface area contributed by atoms with Crippen LogP contribution in [0.3, 0.4) is 0 Å². The second-order valence-corrected chi connectivity index (χ2v) is 4.80. The number of benzene rings is 1. The van der Waals surface area contributed by atoms with Crippen molar-refractivity contribution in [2.24, 2.45) is 0 Å². The number of amidine groups is 1. The number of fused-ring (bicyclic) bond motifs is 1. The van der Waals surface area contributed by atoms with E-state index in [4.69, 9.17) is 15.9 Å². The summed E-state index contributed by atoms with van der Waals surface area (Å²) in [5.74, 6) is 0.402. The molecule has 1 aromatic heterocycles. The third-order valence-corrected chi connectivity index (χ3v) is 3.48. The Bertz CT molecular complexity index is 717. The molecule has 2 aromatic rings. The molecule has 0 unspecified atom stereocenters. The summed E-state index contributed by atoms with van der Waals surface area (Å²) in [6.45, 7) is 2.65. The van der Waals surface area contributed by atoms with Crippen LogP contribution in [0.25, 0.3) is 10.9 Å². The number of nitrogen functional groups attached to an aromatic ring is 1. The van der Waals surface area contributed by atoms with Gasteiger partial charge in [-0.3, -0.25) is 10.2 Å². The van der Waals surface area contributed by atoms with E-state index in [0.29, 0.717) is 48.9 Å². The summed E-state index contributed by atoms with van der Waals surface area (Å²) in [4.78, 5) is 16.0. The fourth-order valence-electron chi connectivity index (χ4n) is 2.38. The molecule has 0 aliphatic carbocycles. The Hall–Kier alpha value is -2.34. The molecule has 2 heterocycles. The Morgan fingerprint density at radius 3 is 2.80 bits per heavy atom. The van der Waals surface area contributed by atoms with Gasteiger partial charge in [-0.1, -0.05) is 0 Å². The Kier molecular flexibility index (Phi) is 3.15. The van der Waals surface area contributed by atoms with Gasteiger partial charge in [-0.25, -0.2) is 0 Å². The van der Waals surface area contributed by atoms with Crippen molar-refractivity contribution in [2.45, 2.75) is 0 Å². The molecule has 0 atom stereocenters. The van der Waals surface area contributed by atoms with E-state index in [1.54, 1.807) is 12.1 Å². The predicted molar refractivity (Wildman–Crippen MR) is 78.2 cm³/mol. The van der Waals surface area contributed by atoms with Gasteiger partial charge < -0.3 is 20.4 Å². The van der Waals surface area contributed by atoms with Gasteiger partial charge in [-0.05, 0) is 23.6 Å². The first-order valence-electron chi connectivity index (χ1n) is 6.49. The average Bonchev–Trinajstić information content (AvgIpc) is 2.46. The Morgan fingerprint density at radius 1 is 1.30 bits per heavy atom. The SMILES string of the molecule is N=C(c1cc2ccc(=O)[nH]c2cc1N)N1CCOCC1. The van der Waals surface area contributed by atoms with Crippen molar-refractivity contribution < 1.29 is 4.74 Å². The van der Waals surface area contributed by atoms with Crippen LogP contribution in [0.5, 0.6) is 0 Å². The van der Waals surface area contributed by atoms with Crippen LogP contribution in [0.2, 0.25) is 0 Å². The minimum Gasteiger partial charge on any atom is -0.398 e. The fourth-order valence-corrected chi connectivity index (χ4v) is 2.38. The summed E-state index contributed by atoms with van der Waals surface area (Å²) in [6.07, 6.45) is 0. The molecule has 0 spiro atoms. The number of aromatic amines is 1. The minimum absolute atomic E-state index is 0.159. The maximum absolute atomic E-state index is 11.3. The molecule has 0 bridgehead atoms. The molecular formula is C14H16N4O2. The van der Waals surface area contributed by atoms with E-state index < -0.39 is 0 Å². The lowest BCUT2D eigenvalue weighted by molar-refractivity contribution is 0.0680. The number of anilines is 1. The number of H-pyrrole nitrogens is 1. The van der Waals surface area contributed by atoms with Crippen molar-refractivity contribution >= 4 is 22.4 Å². The van der Waals surface area contributed by atoms with Crippen LogP contribution in [0, 0.1) is 5.41 Å². The van der Waals surface area contributed by atoms with E-state index in [0.717, 1.165) is 5.39 Å². The minimum atomic E-state index is -0.159. The predicted octanol–water partition coefficient (Wildman–Crippen LogP) is 0.768. The molecule has 6 nitrogen and oxygen atoms in total. The van der Waals surface area contributed by atoms with E-state index in [1.165, 1.54) is 6.07 Å². The third kappa shape index (κ3) is 2.25. The lowest BCUT2D eigenvalue weighted by Crippen LogP contribution is -2.41. The lowest BCUT2D eigenvalue weighted by Gasteiger charge is -2.29. The largest absolute Gasteiger partial charge is 0.398 e. The molecule has 1 aromatic carbocycles. The highest BCUT2D eigenvalue weighted by Crippen LogP contribution is 2.21. The molecule has 6 heteroatoms. The zero-order valence-corrected chi connectivity index (χ0v) is 11.0. The van der Waals surface area contributed by atoms with Gasteiger partial charge in [0, 0.05) is 30.4 Å². The highest BCUT2D eigenvalue weighted by atomic mass is 16.5. The molecule has 1 aliphatic heterocycles. The van der Waals surface area contributed by atoms with Gasteiger partial charge in [-0.2, -0.15) is 0 Å². The zero-order valence-electron chi connectivity index (χ0n) is 11.0. The van der Waals surface area contributed by atoms with Crippen LogP contribution in [0.1, 0.15) is 5.56 Å². The third-order valence-electron chi connectivity index (χ3n) is 3.48. The van der Waals surface area contributed by atoms with Crippen LogP contribution < -0.4 is 11.3 Å². The smallest absolute Gasteiger partial charge is 0.248 e. The molecule has 1 aliphatic rings. The number of hydrogen-bond acceptors (Lipinski definition) is 4. The van der Waals surface area contributed by atoms with Crippen molar-refractivity contribution in [3.63, 3.8) is 0 Å². The second kappa shape index (κ2) is 4.97. The Labute approximate surface area is 115 Å². The summed E-state index contributed by atoms with van der Waals surface area (Å²) in [5, 5.41) is 9.17. The van der Waals surface area contributed by atoms with Crippen molar-refractivity contribution in [3.05, 3.63) is 40.2 Å². The van der Waals surface area contributed by atoms with Gasteiger partial charge >= 0.3 is 0 Å². The first-order valence-corrected chi connectivity index (χ1v) is 6.49. The van der Waals surface area contributed by atoms with E-state index in [9.17, 15) is 4.79 Å². The number of ether oxygens (including phenoxy) is 1. The maximum Gasteiger partial charge on any atom is 0.248 e. The normalized spacial score (nSPS) is 15.5. The molecule has 1 saturated heterocycles. The number of nitrogens with one attached hydrogen (secondary N) is 2. The molecular weight excluding hydrogens is 256 g/mol. The monoisotopic (exact) mass is 272 g/mol. The average molecular weight is 272 g/mol.